The third kappa shape index (κ3) is 3.81. The van der Waals surface area contributed by atoms with Gasteiger partial charge in [0.25, 0.3) is 0 Å². The highest BCUT2D eigenvalue weighted by Gasteiger charge is 2.43. The summed E-state index contributed by atoms with van der Waals surface area (Å²) < 4.78 is 42.2. The number of nitrogens with zero attached hydrogens (tertiary/aromatic N) is 4. The quantitative estimate of drug-likeness (QED) is 0.637. The van der Waals surface area contributed by atoms with E-state index in [-0.39, 0.29) is 17.9 Å². The number of hydrogen-bond donors (Lipinski definition) is 1. The fourth-order valence-electron chi connectivity index (χ4n) is 3.57. The van der Waals surface area contributed by atoms with Crippen LogP contribution in [0.4, 0.5) is 24.7 Å². The van der Waals surface area contributed by atoms with Crippen LogP contribution >= 0.6 is 0 Å². The summed E-state index contributed by atoms with van der Waals surface area (Å²) in [4.78, 5) is 30.8. The maximum atomic E-state index is 13.1. The zero-order valence-corrected chi connectivity index (χ0v) is 16.1. The minimum absolute atomic E-state index is 0.139. The predicted octanol–water partition coefficient (Wildman–Crippen LogP) is 3.10. The van der Waals surface area contributed by atoms with Gasteiger partial charge in [-0.1, -0.05) is 6.07 Å². The second-order valence-electron chi connectivity index (χ2n) is 6.85. The lowest BCUT2D eigenvalue weighted by molar-refractivity contribution is -0.274. The van der Waals surface area contributed by atoms with Crippen molar-refractivity contribution < 1.29 is 27.5 Å². The van der Waals surface area contributed by atoms with Gasteiger partial charge in [-0.05, 0) is 43.3 Å². The van der Waals surface area contributed by atoms with Crippen molar-refractivity contribution >= 4 is 23.3 Å². The van der Waals surface area contributed by atoms with Crippen molar-refractivity contribution in [2.24, 2.45) is 0 Å². The number of nitrogens with two attached hydrogens (primary N) is 1. The lowest BCUT2D eigenvalue weighted by atomic mass is 9.97. The minimum Gasteiger partial charge on any atom is -0.406 e. The minimum atomic E-state index is -4.84. The Morgan fingerprint density at radius 1 is 1.13 bits per heavy atom. The Hall–Kier alpha value is -3.89. The van der Waals surface area contributed by atoms with Crippen LogP contribution < -0.4 is 15.4 Å². The van der Waals surface area contributed by atoms with E-state index in [0.29, 0.717) is 17.1 Å². The van der Waals surface area contributed by atoms with Crippen LogP contribution in [-0.4, -0.2) is 32.9 Å². The summed E-state index contributed by atoms with van der Waals surface area (Å²) in [5.74, 6) is -1.70. The van der Waals surface area contributed by atoms with E-state index in [0.717, 1.165) is 17.0 Å². The Bertz CT molecular complexity index is 1140. The average molecular weight is 431 g/mol. The van der Waals surface area contributed by atoms with Gasteiger partial charge in [0.15, 0.2) is 5.82 Å². The number of amides is 2. The van der Waals surface area contributed by atoms with Gasteiger partial charge >= 0.3 is 6.36 Å². The summed E-state index contributed by atoms with van der Waals surface area (Å²) in [6.07, 6.45) is -3.41. The molecule has 4 rings (SSSR count). The molecule has 0 radical (unpaired) electrons. The highest BCUT2D eigenvalue weighted by atomic mass is 19.4. The first-order chi connectivity index (χ1) is 14.7. The zero-order chi connectivity index (χ0) is 22.3. The van der Waals surface area contributed by atoms with E-state index in [1.807, 2.05) is 0 Å². The molecule has 0 spiro atoms. The van der Waals surface area contributed by atoms with Crippen LogP contribution in [0.5, 0.6) is 5.75 Å². The summed E-state index contributed by atoms with van der Waals surface area (Å²) in [6, 6.07) is 9.70. The number of halogens is 3. The largest absolute Gasteiger partial charge is 0.573 e. The molecule has 8 nitrogen and oxygen atoms in total. The van der Waals surface area contributed by atoms with Crippen molar-refractivity contribution in [3.05, 3.63) is 59.9 Å². The van der Waals surface area contributed by atoms with Gasteiger partial charge in [0.1, 0.15) is 11.6 Å². The van der Waals surface area contributed by atoms with Gasteiger partial charge in [0.2, 0.25) is 11.8 Å². The van der Waals surface area contributed by atoms with Crippen molar-refractivity contribution in [3.8, 4) is 11.6 Å². The lowest BCUT2D eigenvalue weighted by Gasteiger charge is -2.16. The third-order valence-electron chi connectivity index (χ3n) is 4.83. The predicted molar refractivity (Wildman–Crippen MR) is 103 cm³/mol. The first-order valence-corrected chi connectivity index (χ1v) is 9.14. The summed E-state index contributed by atoms with van der Waals surface area (Å²) in [6.45, 7) is 1.68. The van der Waals surface area contributed by atoms with E-state index < -0.39 is 29.8 Å². The smallest absolute Gasteiger partial charge is 0.406 e. The molecule has 1 aromatic carbocycles. The number of carbonyl (C=O) groups excluding carboxylic acids is 2. The number of benzene rings is 1. The molecule has 1 atom stereocenters. The number of carbonyl (C=O) groups is 2. The normalized spacial score (nSPS) is 16.8. The van der Waals surface area contributed by atoms with Crippen LogP contribution in [0.2, 0.25) is 0 Å². The van der Waals surface area contributed by atoms with Gasteiger partial charge in [-0.2, -0.15) is 9.78 Å². The van der Waals surface area contributed by atoms with Gasteiger partial charge in [-0.3, -0.25) is 9.59 Å². The van der Waals surface area contributed by atoms with Crippen molar-refractivity contribution in [3.63, 3.8) is 0 Å². The first kappa shape index (κ1) is 20.4. The summed E-state index contributed by atoms with van der Waals surface area (Å²) in [7, 11) is 0. The Balaban J connectivity index is 1.63. The number of anilines is 2. The number of rotatable bonds is 4. The second-order valence-corrected chi connectivity index (χ2v) is 6.85. The SMILES string of the molecule is Cc1nn(-c2ccccn2)c(N)c1[C@@H]1CC(=O)N(c2ccc(OC(F)(F)F)cc2)C1=O. The zero-order valence-electron chi connectivity index (χ0n) is 16.1. The summed E-state index contributed by atoms with van der Waals surface area (Å²) in [5, 5.41) is 4.35. The molecule has 2 N–H and O–H groups in total. The molecule has 11 heteroatoms. The number of aromatic nitrogens is 3. The molecule has 1 aliphatic heterocycles. The van der Waals surface area contributed by atoms with Crippen LogP contribution in [0.3, 0.4) is 0 Å². The fraction of sp³-hybridized carbons (Fsp3) is 0.200. The molecule has 0 aliphatic carbocycles. The Kier molecular flexibility index (Phi) is 4.88. The Morgan fingerprint density at radius 2 is 1.84 bits per heavy atom. The molecule has 31 heavy (non-hydrogen) atoms. The second kappa shape index (κ2) is 7.42. The Morgan fingerprint density at radius 3 is 2.45 bits per heavy atom. The number of alkyl halides is 3. The molecule has 2 aromatic heterocycles. The van der Waals surface area contributed by atoms with Crippen molar-refractivity contribution in [1.29, 1.82) is 0 Å². The molecule has 3 aromatic rings. The molecular weight excluding hydrogens is 415 g/mol. The monoisotopic (exact) mass is 431 g/mol. The van der Waals surface area contributed by atoms with Gasteiger partial charge in [0, 0.05) is 18.2 Å². The number of nitrogen functional groups attached to an aromatic ring is 1. The summed E-state index contributed by atoms with van der Waals surface area (Å²) >= 11 is 0. The molecule has 1 aliphatic rings. The number of imide groups is 1. The molecule has 160 valence electrons. The topological polar surface area (TPSA) is 103 Å². The van der Waals surface area contributed by atoms with Crippen LogP contribution in [0.1, 0.15) is 23.6 Å². The average Bonchev–Trinajstić information content (AvgIpc) is 3.16. The van der Waals surface area contributed by atoms with E-state index in [9.17, 15) is 22.8 Å². The highest BCUT2D eigenvalue weighted by molar-refractivity contribution is 6.23. The Labute approximate surface area is 174 Å². The number of ether oxygens (including phenoxy) is 1. The van der Waals surface area contributed by atoms with Crippen LogP contribution in [-0.2, 0) is 9.59 Å². The van der Waals surface area contributed by atoms with Crippen molar-refractivity contribution in [2.75, 3.05) is 10.6 Å². The number of pyridine rings is 1. The molecule has 0 unspecified atom stereocenters. The molecule has 1 fully saturated rings. The standard InChI is InChI=1S/C20H16F3N5O3/c1-11-17(18(24)28(26-11)15-4-2-3-9-25-15)14-10-16(29)27(19(14)30)12-5-7-13(8-6-12)31-20(21,22)23/h2-9,14H,10,24H2,1H3/t14-/m0/s1. The molecule has 0 bridgehead atoms. The molecule has 2 amide bonds. The van der Waals surface area contributed by atoms with Gasteiger partial charge < -0.3 is 10.5 Å². The lowest BCUT2D eigenvalue weighted by Crippen LogP contribution is -2.30. The summed E-state index contributed by atoms with van der Waals surface area (Å²) in [5.41, 5.74) is 7.28. The fourth-order valence-corrected chi connectivity index (χ4v) is 3.57. The van der Waals surface area contributed by atoms with E-state index >= 15 is 0 Å². The van der Waals surface area contributed by atoms with Gasteiger partial charge in [-0.15, -0.1) is 13.2 Å². The van der Waals surface area contributed by atoms with Crippen LogP contribution in [0.15, 0.2) is 48.7 Å². The van der Waals surface area contributed by atoms with Crippen molar-refractivity contribution in [2.45, 2.75) is 25.6 Å². The van der Waals surface area contributed by atoms with Crippen LogP contribution in [0, 0.1) is 6.92 Å². The maximum absolute atomic E-state index is 13.1. The van der Waals surface area contributed by atoms with Crippen molar-refractivity contribution in [1.82, 2.24) is 14.8 Å². The van der Waals surface area contributed by atoms with E-state index in [1.165, 1.54) is 16.8 Å². The van der Waals surface area contributed by atoms with E-state index in [4.69, 9.17) is 5.73 Å². The number of hydrogen-bond acceptors (Lipinski definition) is 6. The molecular formula is C20H16F3N5O3. The van der Waals surface area contributed by atoms with E-state index in [1.54, 1.807) is 31.3 Å². The van der Waals surface area contributed by atoms with Crippen LogP contribution in [0.25, 0.3) is 5.82 Å². The first-order valence-electron chi connectivity index (χ1n) is 9.14. The molecule has 3 heterocycles. The third-order valence-corrected chi connectivity index (χ3v) is 4.83. The van der Waals surface area contributed by atoms with E-state index in [2.05, 4.69) is 14.8 Å². The van der Waals surface area contributed by atoms with Gasteiger partial charge in [-0.25, -0.2) is 9.88 Å². The molecule has 1 saturated heterocycles. The highest BCUT2D eigenvalue weighted by Crippen LogP contribution is 2.38. The van der Waals surface area contributed by atoms with Gasteiger partial charge in [0.05, 0.1) is 17.3 Å². The molecule has 0 saturated carbocycles. The number of aryl methyl sites for hydroxylation is 1. The maximum Gasteiger partial charge on any atom is 0.573 e.